The smallest absolute Gasteiger partial charge is 0.217 e. The molecule has 2 atom stereocenters. The van der Waals surface area contributed by atoms with Crippen molar-refractivity contribution in [3.05, 3.63) is 0 Å². The molecule has 2 heterocycles. The zero-order valence-corrected chi connectivity index (χ0v) is 13.4. The third-order valence-corrected chi connectivity index (χ3v) is 7.80. The molecule has 0 amide bonds. The predicted molar refractivity (Wildman–Crippen MR) is 81.1 cm³/mol. The lowest BCUT2D eigenvalue weighted by Gasteiger charge is -2.38. The number of fused-ring (bicyclic) bond motifs is 2. The minimum absolute atomic E-state index is 0.0958. The number of nitrogens with one attached hydrogen (secondary N) is 1. The predicted octanol–water partition coefficient (Wildman–Crippen LogP) is 2.25. The van der Waals surface area contributed by atoms with Gasteiger partial charge in [0.15, 0.2) is 0 Å². The Labute approximate surface area is 123 Å². The first-order valence-electron chi connectivity index (χ1n) is 8.38. The Hall–Kier alpha value is -0.130. The van der Waals surface area contributed by atoms with Crippen LogP contribution in [0, 0.1) is 0 Å². The van der Waals surface area contributed by atoms with Crippen molar-refractivity contribution < 1.29 is 8.42 Å². The van der Waals surface area contributed by atoms with Gasteiger partial charge in [-0.1, -0.05) is 19.8 Å². The standard InChI is InChI=1S/C15H28N2O2S/c1-2-9-17(20(18,19)15-5-3-4-6-15)14-10-12-7-8-13(11-14)16-12/h12-16H,2-11H2,1H3. The van der Waals surface area contributed by atoms with E-state index in [1.807, 2.05) is 4.31 Å². The van der Waals surface area contributed by atoms with Gasteiger partial charge in [0.05, 0.1) is 5.25 Å². The van der Waals surface area contributed by atoms with Crippen molar-refractivity contribution in [1.82, 2.24) is 9.62 Å². The third-order valence-electron chi connectivity index (χ3n) is 5.35. The van der Waals surface area contributed by atoms with Gasteiger partial charge in [-0.15, -0.1) is 0 Å². The molecule has 3 aliphatic rings. The van der Waals surface area contributed by atoms with Crippen LogP contribution < -0.4 is 5.32 Å². The molecule has 2 aliphatic heterocycles. The number of nitrogens with zero attached hydrogens (tertiary/aromatic N) is 1. The summed E-state index contributed by atoms with van der Waals surface area (Å²) in [5, 5.41) is 3.52. The molecule has 5 heteroatoms. The van der Waals surface area contributed by atoms with E-state index < -0.39 is 10.0 Å². The van der Waals surface area contributed by atoms with Crippen LogP contribution >= 0.6 is 0 Å². The number of hydrogen-bond acceptors (Lipinski definition) is 3. The van der Waals surface area contributed by atoms with Crippen LogP contribution in [0.3, 0.4) is 0 Å². The van der Waals surface area contributed by atoms with Crippen molar-refractivity contribution in [2.24, 2.45) is 0 Å². The highest BCUT2D eigenvalue weighted by molar-refractivity contribution is 7.89. The zero-order valence-electron chi connectivity index (χ0n) is 12.6. The van der Waals surface area contributed by atoms with Crippen molar-refractivity contribution in [3.8, 4) is 0 Å². The number of hydrogen-bond donors (Lipinski definition) is 1. The molecule has 2 unspecified atom stereocenters. The highest BCUT2D eigenvalue weighted by Gasteiger charge is 2.42. The second-order valence-electron chi connectivity index (χ2n) is 6.83. The Bertz CT molecular complexity index is 419. The maximum Gasteiger partial charge on any atom is 0.217 e. The summed E-state index contributed by atoms with van der Waals surface area (Å²) in [5.41, 5.74) is 0. The lowest BCUT2D eigenvalue weighted by atomic mass is 10.00. The van der Waals surface area contributed by atoms with E-state index in [-0.39, 0.29) is 11.3 Å². The van der Waals surface area contributed by atoms with Crippen LogP contribution in [-0.4, -0.2) is 42.6 Å². The topological polar surface area (TPSA) is 49.4 Å². The van der Waals surface area contributed by atoms with Crippen LogP contribution in [-0.2, 0) is 10.0 Å². The van der Waals surface area contributed by atoms with Crippen LogP contribution in [0.25, 0.3) is 0 Å². The first kappa shape index (κ1) is 14.8. The van der Waals surface area contributed by atoms with Crippen molar-refractivity contribution in [2.45, 2.75) is 88.1 Å². The van der Waals surface area contributed by atoms with Gasteiger partial charge in [0.2, 0.25) is 10.0 Å². The summed E-state index contributed by atoms with van der Waals surface area (Å²) in [4.78, 5) is 0. The van der Waals surface area contributed by atoms with Gasteiger partial charge >= 0.3 is 0 Å². The molecule has 1 saturated carbocycles. The van der Waals surface area contributed by atoms with E-state index in [1.54, 1.807) is 0 Å². The van der Waals surface area contributed by atoms with Crippen LogP contribution in [0.2, 0.25) is 0 Å². The average molecular weight is 300 g/mol. The van der Waals surface area contributed by atoms with E-state index in [4.69, 9.17) is 0 Å². The van der Waals surface area contributed by atoms with Crippen molar-refractivity contribution in [3.63, 3.8) is 0 Å². The molecule has 2 bridgehead atoms. The van der Waals surface area contributed by atoms with Crippen LogP contribution in [0.4, 0.5) is 0 Å². The summed E-state index contributed by atoms with van der Waals surface area (Å²) >= 11 is 0. The molecule has 3 fully saturated rings. The van der Waals surface area contributed by atoms with Crippen molar-refractivity contribution in [2.75, 3.05) is 6.54 Å². The molecule has 1 N–H and O–H groups in total. The van der Waals surface area contributed by atoms with E-state index in [2.05, 4.69) is 12.2 Å². The van der Waals surface area contributed by atoms with Crippen molar-refractivity contribution >= 4 is 10.0 Å². The van der Waals surface area contributed by atoms with E-state index in [1.165, 1.54) is 12.8 Å². The van der Waals surface area contributed by atoms with Crippen LogP contribution in [0.15, 0.2) is 0 Å². The molecular weight excluding hydrogens is 272 g/mol. The molecule has 1 aliphatic carbocycles. The normalized spacial score (nSPS) is 35.0. The highest BCUT2D eigenvalue weighted by Crippen LogP contribution is 2.34. The second-order valence-corrected chi connectivity index (χ2v) is 8.99. The summed E-state index contributed by atoms with van der Waals surface area (Å²) in [7, 11) is -3.08. The van der Waals surface area contributed by atoms with Crippen LogP contribution in [0.1, 0.15) is 64.7 Å². The molecule has 20 heavy (non-hydrogen) atoms. The van der Waals surface area contributed by atoms with Gasteiger partial charge in [0, 0.05) is 24.7 Å². The Kier molecular flexibility index (Phi) is 4.39. The van der Waals surface area contributed by atoms with E-state index in [0.717, 1.165) is 44.9 Å². The third kappa shape index (κ3) is 2.77. The molecule has 116 valence electrons. The molecule has 0 aromatic heterocycles. The number of rotatable bonds is 5. The van der Waals surface area contributed by atoms with Gasteiger partial charge in [0.1, 0.15) is 0 Å². The fourth-order valence-corrected chi connectivity index (χ4v) is 6.71. The van der Waals surface area contributed by atoms with Gasteiger partial charge in [-0.2, -0.15) is 4.31 Å². The van der Waals surface area contributed by atoms with Crippen molar-refractivity contribution in [1.29, 1.82) is 0 Å². The minimum Gasteiger partial charge on any atom is -0.311 e. The molecular formula is C15H28N2O2S. The molecule has 3 rings (SSSR count). The lowest BCUT2D eigenvalue weighted by Crippen LogP contribution is -2.52. The molecule has 0 spiro atoms. The summed E-state index contributed by atoms with van der Waals surface area (Å²) in [6, 6.07) is 1.35. The molecule has 0 aromatic rings. The monoisotopic (exact) mass is 300 g/mol. The highest BCUT2D eigenvalue weighted by atomic mass is 32.2. The fraction of sp³-hybridized carbons (Fsp3) is 1.00. The van der Waals surface area contributed by atoms with E-state index >= 15 is 0 Å². The van der Waals surface area contributed by atoms with Gasteiger partial charge < -0.3 is 5.32 Å². The Morgan fingerprint density at radius 2 is 1.65 bits per heavy atom. The van der Waals surface area contributed by atoms with Gasteiger partial charge in [-0.25, -0.2) is 8.42 Å². The minimum atomic E-state index is -3.08. The summed E-state index contributed by atoms with van der Waals surface area (Å²) in [6.45, 7) is 2.80. The molecule has 4 nitrogen and oxygen atoms in total. The van der Waals surface area contributed by atoms with Gasteiger partial charge in [0.25, 0.3) is 0 Å². The maximum absolute atomic E-state index is 13.0. The van der Waals surface area contributed by atoms with Crippen LogP contribution in [0.5, 0.6) is 0 Å². The molecule has 0 radical (unpaired) electrons. The lowest BCUT2D eigenvalue weighted by molar-refractivity contribution is 0.224. The maximum atomic E-state index is 13.0. The quantitative estimate of drug-likeness (QED) is 0.847. The molecule has 0 aromatic carbocycles. The summed E-state index contributed by atoms with van der Waals surface area (Å²) in [6.07, 6.45) is 9.33. The first-order chi connectivity index (χ1) is 9.61. The Morgan fingerprint density at radius 3 is 2.20 bits per heavy atom. The SMILES string of the molecule is CCCN(C1CC2CCC(C1)N2)S(=O)(=O)C1CCCC1. The zero-order chi connectivity index (χ0) is 14.2. The largest absolute Gasteiger partial charge is 0.311 e. The molecule has 2 saturated heterocycles. The Morgan fingerprint density at radius 1 is 1.05 bits per heavy atom. The van der Waals surface area contributed by atoms with E-state index in [0.29, 0.717) is 18.6 Å². The second kappa shape index (κ2) is 5.93. The summed E-state index contributed by atoms with van der Waals surface area (Å²) in [5.74, 6) is 0. The van der Waals surface area contributed by atoms with Gasteiger partial charge in [-0.05, 0) is 44.9 Å². The first-order valence-corrected chi connectivity index (χ1v) is 9.88. The fourth-order valence-electron chi connectivity index (χ4n) is 4.38. The van der Waals surface area contributed by atoms with E-state index in [9.17, 15) is 8.42 Å². The van der Waals surface area contributed by atoms with Gasteiger partial charge in [-0.3, -0.25) is 0 Å². The summed E-state index contributed by atoms with van der Waals surface area (Å²) < 4.78 is 27.8. The average Bonchev–Trinajstić information content (AvgIpc) is 3.06. The Balaban J connectivity index is 1.77. The number of sulfonamides is 1. The number of piperidine rings is 1.